The fraction of sp³-hybridized carbons (Fsp3) is 0.222. The van der Waals surface area contributed by atoms with Crippen LogP contribution >= 0.6 is 0 Å². The van der Waals surface area contributed by atoms with Crippen LogP contribution < -0.4 is 4.72 Å². The number of carbonyl (C=O) groups excluding carboxylic acids is 1. The summed E-state index contributed by atoms with van der Waals surface area (Å²) in [6.07, 6.45) is 0.314. The molecule has 0 saturated heterocycles. The maximum atomic E-state index is 12.5. The summed E-state index contributed by atoms with van der Waals surface area (Å²) in [6, 6.07) is 12.3. The van der Waals surface area contributed by atoms with Crippen molar-refractivity contribution < 1.29 is 23.1 Å². The molecule has 0 aromatic heterocycles. The molecule has 0 unspecified atom stereocenters. The topological polar surface area (TPSA) is 104 Å². The second-order valence-corrected chi connectivity index (χ2v) is 7.61. The highest BCUT2D eigenvalue weighted by molar-refractivity contribution is 7.92. The normalized spacial score (nSPS) is 11.0. The number of rotatable bonds is 7. The third-order valence-electron chi connectivity index (χ3n) is 3.63. The number of amides is 1. The van der Waals surface area contributed by atoms with E-state index in [-0.39, 0.29) is 22.9 Å². The molecule has 2 N–H and O–H groups in total. The van der Waals surface area contributed by atoms with Crippen LogP contribution in [0.15, 0.2) is 53.4 Å². The first-order valence-electron chi connectivity index (χ1n) is 7.84. The predicted octanol–water partition coefficient (Wildman–Crippen LogP) is 2.21. The Kier molecular flexibility index (Phi) is 5.99. The molecule has 0 radical (unpaired) electrons. The summed E-state index contributed by atoms with van der Waals surface area (Å²) in [6.45, 7) is 0. The summed E-state index contributed by atoms with van der Waals surface area (Å²) < 4.78 is 27.4. The van der Waals surface area contributed by atoms with Crippen LogP contribution in [0.4, 0.5) is 5.69 Å². The Bertz CT molecular complexity index is 905. The van der Waals surface area contributed by atoms with Crippen molar-refractivity contribution in [1.82, 2.24) is 4.90 Å². The summed E-state index contributed by atoms with van der Waals surface area (Å²) in [5.74, 6) is -1.13. The van der Waals surface area contributed by atoms with Gasteiger partial charge in [0.1, 0.15) is 0 Å². The highest BCUT2D eigenvalue weighted by Crippen LogP contribution is 2.19. The molecule has 2 aromatic rings. The van der Waals surface area contributed by atoms with Crippen LogP contribution in [0.1, 0.15) is 22.3 Å². The number of hydrogen-bond acceptors (Lipinski definition) is 4. The predicted molar refractivity (Wildman–Crippen MR) is 97.7 cm³/mol. The van der Waals surface area contributed by atoms with Gasteiger partial charge in [0.15, 0.2) is 0 Å². The number of aryl methyl sites for hydroxylation is 1. The molecular weight excluding hydrogens is 356 g/mol. The second-order valence-electron chi connectivity index (χ2n) is 5.92. The number of carboxylic acid groups (broad SMARTS) is 1. The maximum absolute atomic E-state index is 12.5. The van der Waals surface area contributed by atoms with Crippen LogP contribution in [0.2, 0.25) is 0 Å². The molecule has 0 fully saturated rings. The highest BCUT2D eigenvalue weighted by Gasteiger charge is 2.16. The minimum atomic E-state index is -3.82. The maximum Gasteiger partial charge on any atom is 0.303 e. The van der Waals surface area contributed by atoms with Crippen LogP contribution in [0.25, 0.3) is 0 Å². The van der Waals surface area contributed by atoms with Crippen molar-refractivity contribution >= 4 is 27.6 Å². The molecule has 26 heavy (non-hydrogen) atoms. The van der Waals surface area contributed by atoms with Crippen molar-refractivity contribution in [2.45, 2.75) is 17.7 Å². The van der Waals surface area contributed by atoms with E-state index in [4.69, 9.17) is 5.11 Å². The number of hydrogen-bond donors (Lipinski definition) is 2. The summed E-state index contributed by atoms with van der Waals surface area (Å²) in [5.41, 5.74) is 1.40. The number of anilines is 1. The Morgan fingerprint density at radius 2 is 1.73 bits per heavy atom. The molecule has 0 atom stereocenters. The first-order valence-corrected chi connectivity index (χ1v) is 9.32. The van der Waals surface area contributed by atoms with Crippen molar-refractivity contribution in [3.63, 3.8) is 0 Å². The lowest BCUT2D eigenvalue weighted by atomic mass is 10.1. The first-order chi connectivity index (χ1) is 12.2. The van der Waals surface area contributed by atoms with Crippen molar-refractivity contribution in [2.75, 3.05) is 18.8 Å². The molecule has 0 heterocycles. The van der Waals surface area contributed by atoms with E-state index in [2.05, 4.69) is 4.72 Å². The zero-order chi connectivity index (χ0) is 19.3. The van der Waals surface area contributed by atoms with Gasteiger partial charge in [-0.1, -0.05) is 18.2 Å². The minimum absolute atomic E-state index is 0.0168. The third kappa shape index (κ3) is 5.06. The van der Waals surface area contributed by atoms with Gasteiger partial charge in [-0.05, 0) is 42.3 Å². The number of sulfonamides is 1. The molecule has 2 aromatic carbocycles. The quantitative estimate of drug-likeness (QED) is 0.771. The Labute approximate surface area is 152 Å². The molecule has 2 rings (SSSR count). The molecule has 138 valence electrons. The summed E-state index contributed by atoms with van der Waals surface area (Å²) in [7, 11) is -0.583. The fourth-order valence-electron chi connectivity index (χ4n) is 2.27. The molecule has 7 nitrogen and oxygen atoms in total. The lowest BCUT2D eigenvalue weighted by molar-refractivity contribution is -0.136. The number of nitrogens with zero attached hydrogens (tertiary/aromatic N) is 1. The minimum Gasteiger partial charge on any atom is -0.481 e. The van der Waals surface area contributed by atoms with E-state index >= 15 is 0 Å². The van der Waals surface area contributed by atoms with Crippen LogP contribution in [-0.2, 0) is 21.2 Å². The molecule has 0 spiro atoms. The largest absolute Gasteiger partial charge is 0.481 e. The van der Waals surface area contributed by atoms with Gasteiger partial charge in [0.25, 0.3) is 15.9 Å². The lowest BCUT2D eigenvalue weighted by Crippen LogP contribution is -2.22. The van der Waals surface area contributed by atoms with Crippen LogP contribution in [0, 0.1) is 0 Å². The van der Waals surface area contributed by atoms with E-state index in [1.54, 1.807) is 44.4 Å². The van der Waals surface area contributed by atoms with E-state index in [0.717, 1.165) is 5.56 Å². The van der Waals surface area contributed by atoms with Crippen LogP contribution in [-0.4, -0.2) is 44.4 Å². The van der Waals surface area contributed by atoms with Crippen molar-refractivity contribution in [2.24, 2.45) is 0 Å². The zero-order valence-electron chi connectivity index (χ0n) is 14.5. The molecule has 0 aliphatic rings. The van der Waals surface area contributed by atoms with Gasteiger partial charge in [0.2, 0.25) is 0 Å². The number of carboxylic acids is 1. The average Bonchev–Trinajstić information content (AvgIpc) is 2.59. The lowest BCUT2D eigenvalue weighted by Gasteiger charge is -2.12. The molecule has 1 amide bonds. The van der Waals surface area contributed by atoms with Gasteiger partial charge in [0.05, 0.1) is 4.90 Å². The van der Waals surface area contributed by atoms with Gasteiger partial charge in [-0.15, -0.1) is 0 Å². The number of aliphatic carboxylic acids is 1. The third-order valence-corrected chi connectivity index (χ3v) is 5.03. The second kappa shape index (κ2) is 8.01. The molecule has 0 aliphatic heterocycles. The number of carbonyl (C=O) groups is 2. The van der Waals surface area contributed by atoms with Crippen LogP contribution in [0.3, 0.4) is 0 Å². The van der Waals surface area contributed by atoms with Crippen molar-refractivity contribution in [3.05, 3.63) is 59.7 Å². The van der Waals surface area contributed by atoms with Crippen molar-refractivity contribution in [1.29, 1.82) is 0 Å². The van der Waals surface area contributed by atoms with Gasteiger partial charge in [-0.25, -0.2) is 8.42 Å². The van der Waals surface area contributed by atoms with E-state index in [1.807, 2.05) is 0 Å². The van der Waals surface area contributed by atoms with E-state index in [9.17, 15) is 18.0 Å². The number of nitrogens with one attached hydrogen (secondary N) is 1. The Morgan fingerprint density at radius 3 is 2.31 bits per heavy atom. The standard InChI is InChI=1S/C18H20N2O5S/c1-20(2)18(23)14-4-3-5-15(12-14)19-26(24,25)16-9-6-13(7-10-16)8-11-17(21)22/h3-7,9-10,12,19H,8,11H2,1-2H3,(H,21,22). The fourth-order valence-corrected chi connectivity index (χ4v) is 3.32. The molecule has 0 saturated carbocycles. The van der Waals surface area contributed by atoms with E-state index in [0.29, 0.717) is 12.0 Å². The van der Waals surface area contributed by atoms with Gasteiger partial charge in [0, 0.05) is 31.8 Å². The average molecular weight is 376 g/mol. The summed E-state index contributed by atoms with van der Waals surface area (Å²) >= 11 is 0. The molecular formula is C18H20N2O5S. The Hall–Kier alpha value is -2.87. The molecule has 0 bridgehead atoms. The number of benzene rings is 2. The summed E-state index contributed by atoms with van der Waals surface area (Å²) in [4.78, 5) is 24.0. The van der Waals surface area contributed by atoms with Gasteiger partial charge in [-0.3, -0.25) is 14.3 Å². The van der Waals surface area contributed by atoms with Crippen LogP contribution in [0.5, 0.6) is 0 Å². The van der Waals surface area contributed by atoms with Gasteiger partial charge < -0.3 is 10.0 Å². The zero-order valence-corrected chi connectivity index (χ0v) is 15.3. The van der Waals surface area contributed by atoms with Gasteiger partial charge >= 0.3 is 5.97 Å². The Morgan fingerprint density at radius 1 is 1.08 bits per heavy atom. The Balaban J connectivity index is 2.17. The smallest absolute Gasteiger partial charge is 0.303 e. The first kappa shape index (κ1) is 19.5. The van der Waals surface area contributed by atoms with E-state index < -0.39 is 16.0 Å². The summed E-state index contributed by atoms with van der Waals surface area (Å²) in [5, 5.41) is 8.69. The monoisotopic (exact) mass is 376 g/mol. The highest BCUT2D eigenvalue weighted by atomic mass is 32.2. The van der Waals surface area contributed by atoms with Gasteiger partial charge in [-0.2, -0.15) is 0 Å². The molecule has 8 heteroatoms. The van der Waals surface area contributed by atoms with E-state index in [1.165, 1.54) is 23.1 Å². The molecule has 0 aliphatic carbocycles. The van der Waals surface area contributed by atoms with Crippen molar-refractivity contribution in [3.8, 4) is 0 Å². The SMILES string of the molecule is CN(C)C(=O)c1cccc(NS(=O)(=O)c2ccc(CCC(=O)O)cc2)c1.